The molecule has 1 amide bonds. The van der Waals surface area contributed by atoms with Crippen molar-refractivity contribution in [2.24, 2.45) is 0 Å². The molecular weight excluding hydrogens is 309 g/mol. The van der Waals surface area contributed by atoms with E-state index in [9.17, 15) is 9.18 Å². The molecule has 5 heteroatoms. The van der Waals surface area contributed by atoms with Gasteiger partial charge < -0.3 is 14.8 Å². The lowest BCUT2D eigenvalue weighted by Gasteiger charge is -2.17. The number of halogens is 1. The normalized spacial score (nSPS) is 11.6. The monoisotopic (exact) mass is 331 g/mol. The summed E-state index contributed by atoms with van der Waals surface area (Å²) in [6.07, 6.45) is -0.0925. The van der Waals surface area contributed by atoms with E-state index in [4.69, 9.17) is 9.47 Å². The molecule has 0 bridgehead atoms. The molecule has 0 spiro atoms. The van der Waals surface area contributed by atoms with Gasteiger partial charge in [0.15, 0.2) is 6.10 Å². The second-order valence-electron chi connectivity index (χ2n) is 5.26. The largest absolute Gasteiger partial charge is 0.494 e. The van der Waals surface area contributed by atoms with Crippen molar-refractivity contribution in [3.05, 3.63) is 59.9 Å². The highest BCUT2D eigenvalue weighted by atomic mass is 19.1. The average Bonchev–Trinajstić information content (AvgIpc) is 2.60. The highest BCUT2D eigenvalue weighted by molar-refractivity contribution is 5.81. The third kappa shape index (κ3) is 5.26. The van der Waals surface area contributed by atoms with Gasteiger partial charge >= 0.3 is 0 Å². The molecule has 1 N–H and O–H groups in total. The lowest BCUT2D eigenvalue weighted by Crippen LogP contribution is -2.37. The first-order valence-corrected chi connectivity index (χ1v) is 8.04. The van der Waals surface area contributed by atoms with Crippen LogP contribution in [0.2, 0.25) is 0 Å². The SMILES string of the molecule is CCOc1ccc(CNC(=O)[C@H](CC)Oc2ccc(F)cc2)cc1. The van der Waals surface area contributed by atoms with Crippen LogP contribution in [-0.2, 0) is 11.3 Å². The van der Waals surface area contributed by atoms with Crippen LogP contribution >= 0.6 is 0 Å². The van der Waals surface area contributed by atoms with E-state index in [-0.39, 0.29) is 11.7 Å². The topological polar surface area (TPSA) is 47.6 Å². The molecule has 0 aliphatic carbocycles. The molecule has 0 heterocycles. The molecule has 0 fully saturated rings. The minimum Gasteiger partial charge on any atom is -0.494 e. The number of benzene rings is 2. The zero-order valence-electron chi connectivity index (χ0n) is 13.9. The molecule has 24 heavy (non-hydrogen) atoms. The molecule has 4 nitrogen and oxygen atoms in total. The molecule has 0 saturated carbocycles. The Kier molecular flexibility index (Phi) is 6.61. The van der Waals surface area contributed by atoms with E-state index in [1.165, 1.54) is 24.3 Å². The predicted octanol–water partition coefficient (Wildman–Crippen LogP) is 3.70. The molecular formula is C19H22FNO3. The molecule has 2 aromatic rings. The van der Waals surface area contributed by atoms with Gasteiger partial charge in [0, 0.05) is 6.54 Å². The summed E-state index contributed by atoms with van der Waals surface area (Å²) in [5, 5.41) is 2.85. The minimum atomic E-state index is -0.613. The van der Waals surface area contributed by atoms with E-state index in [0.717, 1.165) is 11.3 Å². The van der Waals surface area contributed by atoms with Crippen LogP contribution < -0.4 is 14.8 Å². The van der Waals surface area contributed by atoms with Crippen molar-refractivity contribution < 1.29 is 18.7 Å². The van der Waals surface area contributed by atoms with Crippen molar-refractivity contribution in [2.75, 3.05) is 6.61 Å². The fourth-order valence-electron chi connectivity index (χ4n) is 2.17. The number of rotatable bonds is 8. The van der Waals surface area contributed by atoms with Crippen LogP contribution in [0.4, 0.5) is 4.39 Å². The summed E-state index contributed by atoms with van der Waals surface area (Å²) >= 11 is 0. The molecule has 0 aliphatic heterocycles. The predicted molar refractivity (Wildman–Crippen MR) is 90.6 cm³/mol. The number of hydrogen-bond donors (Lipinski definition) is 1. The molecule has 0 radical (unpaired) electrons. The standard InChI is InChI=1S/C19H22FNO3/c1-3-18(24-17-11-7-15(20)8-12-17)19(22)21-13-14-5-9-16(10-6-14)23-4-2/h5-12,18H,3-4,13H2,1-2H3,(H,21,22)/t18-/m0/s1. The zero-order valence-corrected chi connectivity index (χ0v) is 13.9. The first-order chi connectivity index (χ1) is 11.6. The molecule has 0 aliphatic rings. The van der Waals surface area contributed by atoms with Gasteiger partial charge in [0.05, 0.1) is 6.61 Å². The summed E-state index contributed by atoms with van der Waals surface area (Å²) in [5.74, 6) is 0.740. The van der Waals surface area contributed by atoms with Crippen molar-refractivity contribution in [3.8, 4) is 11.5 Å². The van der Waals surface area contributed by atoms with Gasteiger partial charge in [0.25, 0.3) is 5.91 Å². The van der Waals surface area contributed by atoms with Gasteiger partial charge in [-0.25, -0.2) is 4.39 Å². The molecule has 1 atom stereocenters. The Morgan fingerprint density at radius 3 is 2.25 bits per heavy atom. The summed E-state index contributed by atoms with van der Waals surface area (Å²) in [6.45, 7) is 4.83. The fourth-order valence-corrected chi connectivity index (χ4v) is 2.17. The van der Waals surface area contributed by atoms with E-state index in [0.29, 0.717) is 25.3 Å². The van der Waals surface area contributed by atoms with Crippen molar-refractivity contribution in [3.63, 3.8) is 0 Å². The van der Waals surface area contributed by atoms with Crippen LogP contribution in [0.1, 0.15) is 25.8 Å². The van der Waals surface area contributed by atoms with Gasteiger partial charge in [0.1, 0.15) is 17.3 Å². The Balaban J connectivity index is 1.88. The van der Waals surface area contributed by atoms with Gasteiger partial charge in [-0.15, -0.1) is 0 Å². The van der Waals surface area contributed by atoms with E-state index < -0.39 is 6.10 Å². The van der Waals surface area contributed by atoms with Gasteiger partial charge in [-0.2, -0.15) is 0 Å². The highest BCUT2D eigenvalue weighted by Gasteiger charge is 2.18. The molecule has 0 unspecified atom stereocenters. The molecule has 0 aromatic heterocycles. The van der Waals surface area contributed by atoms with Crippen LogP contribution in [0.15, 0.2) is 48.5 Å². The third-order valence-electron chi connectivity index (χ3n) is 3.46. The number of carbonyl (C=O) groups excluding carboxylic acids is 1. The molecule has 128 valence electrons. The Morgan fingerprint density at radius 2 is 1.67 bits per heavy atom. The van der Waals surface area contributed by atoms with Crippen molar-refractivity contribution >= 4 is 5.91 Å². The van der Waals surface area contributed by atoms with Crippen LogP contribution in [0, 0.1) is 5.82 Å². The second-order valence-corrected chi connectivity index (χ2v) is 5.26. The summed E-state index contributed by atoms with van der Waals surface area (Å²) in [6, 6.07) is 13.2. The first-order valence-electron chi connectivity index (χ1n) is 8.04. The molecule has 2 rings (SSSR count). The number of nitrogens with one attached hydrogen (secondary N) is 1. The van der Waals surface area contributed by atoms with Gasteiger partial charge in [-0.3, -0.25) is 4.79 Å². The van der Waals surface area contributed by atoms with E-state index in [1.54, 1.807) is 0 Å². The van der Waals surface area contributed by atoms with Crippen molar-refractivity contribution in [1.82, 2.24) is 5.32 Å². The second kappa shape index (κ2) is 8.91. The van der Waals surface area contributed by atoms with Crippen LogP contribution in [0.3, 0.4) is 0 Å². The number of amides is 1. The summed E-state index contributed by atoms with van der Waals surface area (Å²) < 4.78 is 23.9. The van der Waals surface area contributed by atoms with Gasteiger partial charge in [0.2, 0.25) is 0 Å². The molecule has 2 aromatic carbocycles. The number of ether oxygens (including phenoxy) is 2. The van der Waals surface area contributed by atoms with Crippen LogP contribution in [0.5, 0.6) is 11.5 Å². The fraction of sp³-hybridized carbons (Fsp3) is 0.316. The maximum Gasteiger partial charge on any atom is 0.261 e. The maximum absolute atomic E-state index is 12.9. The molecule has 0 saturated heterocycles. The highest BCUT2D eigenvalue weighted by Crippen LogP contribution is 2.15. The average molecular weight is 331 g/mol. The minimum absolute atomic E-state index is 0.198. The van der Waals surface area contributed by atoms with Gasteiger partial charge in [-0.1, -0.05) is 19.1 Å². The van der Waals surface area contributed by atoms with Crippen LogP contribution in [-0.4, -0.2) is 18.6 Å². The zero-order chi connectivity index (χ0) is 17.4. The lowest BCUT2D eigenvalue weighted by atomic mass is 10.2. The smallest absolute Gasteiger partial charge is 0.261 e. The lowest BCUT2D eigenvalue weighted by molar-refractivity contribution is -0.128. The van der Waals surface area contributed by atoms with Crippen molar-refractivity contribution in [1.29, 1.82) is 0 Å². The van der Waals surface area contributed by atoms with E-state index >= 15 is 0 Å². The van der Waals surface area contributed by atoms with Crippen molar-refractivity contribution in [2.45, 2.75) is 32.9 Å². The maximum atomic E-state index is 12.9. The quantitative estimate of drug-likeness (QED) is 0.802. The number of hydrogen-bond acceptors (Lipinski definition) is 3. The van der Waals surface area contributed by atoms with Crippen LogP contribution in [0.25, 0.3) is 0 Å². The Hall–Kier alpha value is -2.56. The summed E-state index contributed by atoms with van der Waals surface area (Å²) in [4.78, 5) is 12.3. The van der Waals surface area contributed by atoms with Gasteiger partial charge in [-0.05, 0) is 55.3 Å². The number of carbonyl (C=O) groups is 1. The van der Waals surface area contributed by atoms with E-state index in [2.05, 4.69) is 5.32 Å². The third-order valence-corrected chi connectivity index (χ3v) is 3.46. The summed E-state index contributed by atoms with van der Waals surface area (Å²) in [5.41, 5.74) is 0.975. The summed E-state index contributed by atoms with van der Waals surface area (Å²) in [7, 11) is 0. The Bertz CT molecular complexity index is 641. The Labute approximate surface area is 141 Å². The Morgan fingerprint density at radius 1 is 1.04 bits per heavy atom. The first kappa shape index (κ1) is 17.8. The van der Waals surface area contributed by atoms with E-state index in [1.807, 2.05) is 38.1 Å².